The van der Waals surface area contributed by atoms with Gasteiger partial charge in [0.05, 0.1) is 23.0 Å². The molecule has 5 nitrogen and oxygen atoms in total. The second kappa shape index (κ2) is 7.76. The normalized spacial score (nSPS) is 10.8. The molecule has 0 saturated carbocycles. The molecular weight excluding hydrogens is 360 g/mol. The number of fused-ring (bicyclic) bond motifs is 1. The highest BCUT2D eigenvalue weighted by Crippen LogP contribution is 2.27. The van der Waals surface area contributed by atoms with Crippen molar-refractivity contribution in [3.05, 3.63) is 82.5 Å². The van der Waals surface area contributed by atoms with Gasteiger partial charge in [0, 0.05) is 17.0 Å². The lowest BCUT2D eigenvalue weighted by Gasteiger charge is -2.09. The van der Waals surface area contributed by atoms with Gasteiger partial charge in [0.1, 0.15) is 6.61 Å². The molecule has 144 valence electrons. The first-order valence-electron chi connectivity index (χ1n) is 9.67. The van der Waals surface area contributed by atoms with Gasteiger partial charge in [0.15, 0.2) is 5.65 Å². The van der Waals surface area contributed by atoms with E-state index in [4.69, 9.17) is 14.8 Å². The number of aryl methyl sites for hydroxylation is 3. The summed E-state index contributed by atoms with van der Waals surface area (Å²) in [6.07, 6.45) is 0.999. The fourth-order valence-electron chi connectivity index (χ4n) is 3.51. The highest BCUT2D eigenvalue weighted by Gasteiger charge is 2.15. The second-order valence-electron chi connectivity index (χ2n) is 7.05. The van der Waals surface area contributed by atoms with Gasteiger partial charge in [-0.25, -0.2) is 4.68 Å². The van der Waals surface area contributed by atoms with Crippen molar-refractivity contribution in [2.24, 2.45) is 0 Å². The molecule has 0 aliphatic carbocycles. The fraction of sp³-hybridized carbons (Fsp3) is 0.208. The zero-order valence-electron chi connectivity index (χ0n) is 16.8. The summed E-state index contributed by atoms with van der Waals surface area (Å²) < 4.78 is 7.83. The molecule has 0 saturated heterocycles. The third-order valence-electron chi connectivity index (χ3n) is 5.09. The first-order valence-corrected chi connectivity index (χ1v) is 9.67. The van der Waals surface area contributed by atoms with Gasteiger partial charge in [0.25, 0.3) is 0 Å². The lowest BCUT2D eigenvalue weighted by Crippen LogP contribution is -2.02. The standard InChI is InChI=1S/C24H22N4O/c1-4-18-9-11-21(12-10-18)28-24-23(17(3)27-28)16(2)13-22(26-24)29-15-20-8-6-5-7-19(20)14-25/h5-13H,4,15H2,1-3H3. The summed E-state index contributed by atoms with van der Waals surface area (Å²) >= 11 is 0. The molecule has 0 aliphatic rings. The molecule has 2 aromatic carbocycles. The third-order valence-corrected chi connectivity index (χ3v) is 5.09. The van der Waals surface area contributed by atoms with Crippen molar-refractivity contribution >= 4 is 11.0 Å². The van der Waals surface area contributed by atoms with Gasteiger partial charge >= 0.3 is 0 Å². The molecule has 5 heteroatoms. The maximum Gasteiger partial charge on any atom is 0.215 e. The Morgan fingerprint density at radius 3 is 2.55 bits per heavy atom. The van der Waals surface area contributed by atoms with Crippen LogP contribution < -0.4 is 4.74 Å². The van der Waals surface area contributed by atoms with Crippen LogP contribution in [0.2, 0.25) is 0 Å². The van der Waals surface area contributed by atoms with Crippen molar-refractivity contribution in [2.45, 2.75) is 33.8 Å². The number of rotatable bonds is 5. The van der Waals surface area contributed by atoms with Crippen LogP contribution in [0.5, 0.6) is 5.88 Å². The van der Waals surface area contributed by atoms with E-state index in [2.05, 4.69) is 37.3 Å². The Morgan fingerprint density at radius 2 is 1.83 bits per heavy atom. The van der Waals surface area contributed by atoms with E-state index >= 15 is 0 Å². The Bertz CT molecular complexity index is 1220. The predicted molar refractivity (Wildman–Crippen MR) is 113 cm³/mol. The van der Waals surface area contributed by atoms with Crippen LogP contribution in [0.1, 0.15) is 34.9 Å². The second-order valence-corrected chi connectivity index (χ2v) is 7.05. The van der Waals surface area contributed by atoms with Crippen LogP contribution in [0.15, 0.2) is 54.6 Å². The van der Waals surface area contributed by atoms with Crippen LogP contribution in [0, 0.1) is 25.2 Å². The SMILES string of the molecule is CCc1ccc(-n2nc(C)c3c(C)cc(OCc4ccccc4C#N)nc32)cc1. The Balaban J connectivity index is 1.72. The summed E-state index contributed by atoms with van der Waals surface area (Å²) in [5.41, 5.74) is 6.48. The predicted octanol–water partition coefficient (Wildman–Crippen LogP) is 5.05. The Morgan fingerprint density at radius 1 is 1.07 bits per heavy atom. The lowest BCUT2D eigenvalue weighted by molar-refractivity contribution is 0.294. The third kappa shape index (κ3) is 3.57. The summed E-state index contributed by atoms with van der Waals surface area (Å²) in [7, 11) is 0. The van der Waals surface area contributed by atoms with Crippen LogP contribution in [0.3, 0.4) is 0 Å². The van der Waals surface area contributed by atoms with E-state index in [0.717, 1.165) is 40.0 Å². The molecule has 4 aromatic rings. The number of nitriles is 1. The first kappa shape index (κ1) is 18.7. The Hall–Kier alpha value is -3.65. The topological polar surface area (TPSA) is 63.7 Å². The van der Waals surface area contributed by atoms with Crippen molar-refractivity contribution in [1.29, 1.82) is 5.26 Å². The molecule has 0 unspecified atom stereocenters. The zero-order valence-corrected chi connectivity index (χ0v) is 16.8. The van der Waals surface area contributed by atoms with Crippen molar-refractivity contribution in [1.82, 2.24) is 14.8 Å². The lowest BCUT2D eigenvalue weighted by atomic mass is 10.1. The number of pyridine rings is 1. The number of aromatic nitrogens is 3. The number of ether oxygens (including phenoxy) is 1. The van der Waals surface area contributed by atoms with Gasteiger partial charge in [-0.3, -0.25) is 0 Å². The smallest absolute Gasteiger partial charge is 0.215 e. The van der Waals surface area contributed by atoms with Crippen molar-refractivity contribution in [2.75, 3.05) is 0 Å². The molecule has 0 radical (unpaired) electrons. The number of benzene rings is 2. The maximum absolute atomic E-state index is 9.27. The summed E-state index contributed by atoms with van der Waals surface area (Å²) in [4.78, 5) is 4.74. The van der Waals surface area contributed by atoms with Gasteiger partial charge in [-0.1, -0.05) is 37.3 Å². The first-order chi connectivity index (χ1) is 14.1. The number of hydrogen-bond donors (Lipinski definition) is 0. The van der Waals surface area contributed by atoms with Gasteiger partial charge in [-0.2, -0.15) is 15.3 Å². The van der Waals surface area contributed by atoms with Crippen molar-refractivity contribution < 1.29 is 4.74 Å². The fourth-order valence-corrected chi connectivity index (χ4v) is 3.51. The molecule has 4 rings (SSSR count). The Kier molecular flexibility index (Phi) is 5.01. The Labute approximate surface area is 170 Å². The molecule has 0 bridgehead atoms. The molecule has 2 heterocycles. The minimum Gasteiger partial charge on any atom is -0.473 e. The highest BCUT2D eigenvalue weighted by atomic mass is 16.5. The van der Waals surface area contributed by atoms with Crippen molar-refractivity contribution in [3.63, 3.8) is 0 Å². The number of hydrogen-bond acceptors (Lipinski definition) is 4. The van der Waals surface area contributed by atoms with E-state index in [0.29, 0.717) is 18.1 Å². The summed E-state index contributed by atoms with van der Waals surface area (Å²) in [6.45, 7) is 6.47. The molecule has 0 spiro atoms. The molecule has 0 atom stereocenters. The van der Waals surface area contributed by atoms with Gasteiger partial charge in [-0.05, 0) is 49.6 Å². The van der Waals surface area contributed by atoms with Gasteiger partial charge < -0.3 is 4.74 Å². The van der Waals surface area contributed by atoms with Crippen LogP contribution in [-0.2, 0) is 13.0 Å². The van der Waals surface area contributed by atoms with E-state index in [-0.39, 0.29) is 0 Å². The van der Waals surface area contributed by atoms with Crippen LogP contribution >= 0.6 is 0 Å². The summed E-state index contributed by atoms with van der Waals surface area (Å²) in [6, 6.07) is 19.9. The van der Waals surface area contributed by atoms with E-state index in [1.807, 2.05) is 42.8 Å². The average molecular weight is 382 g/mol. The quantitative estimate of drug-likeness (QED) is 0.484. The van der Waals surface area contributed by atoms with Gasteiger partial charge in [-0.15, -0.1) is 0 Å². The minimum absolute atomic E-state index is 0.292. The van der Waals surface area contributed by atoms with Crippen LogP contribution in [0.4, 0.5) is 0 Å². The summed E-state index contributed by atoms with van der Waals surface area (Å²) in [5.74, 6) is 0.522. The minimum atomic E-state index is 0.292. The molecule has 0 fully saturated rings. The van der Waals surface area contributed by atoms with Crippen LogP contribution in [-0.4, -0.2) is 14.8 Å². The van der Waals surface area contributed by atoms with E-state index < -0.39 is 0 Å². The molecule has 2 aromatic heterocycles. The van der Waals surface area contributed by atoms with E-state index in [1.165, 1.54) is 5.56 Å². The monoisotopic (exact) mass is 382 g/mol. The summed E-state index contributed by atoms with van der Waals surface area (Å²) in [5, 5.41) is 15.0. The molecule has 0 amide bonds. The van der Waals surface area contributed by atoms with Crippen molar-refractivity contribution in [3.8, 4) is 17.6 Å². The maximum atomic E-state index is 9.27. The van der Waals surface area contributed by atoms with Gasteiger partial charge in [0.2, 0.25) is 5.88 Å². The molecule has 0 aliphatic heterocycles. The highest BCUT2D eigenvalue weighted by molar-refractivity contribution is 5.84. The zero-order chi connectivity index (χ0) is 20.4. The molecule has 0 N–H and O–H groups in total. The van der Waals surface area contributed by atoms with E-state index in [9.17, 15) is 5.26 Å². The van der Waals surface area contributed by atoms with Crippen LogP contribution in [0.25, 0.3) is 16.7 Å². The number of nitrogens with zero attached hydrogens (tertiary/aromatic N) is 4. The largest absolute Gasteiger partial charge is 0.473 e. The van der Waals surface area contributed by atoms with E-state index in [1.54, 1.807) is 6.07 Å². The molecule has 29 heavy (non-hydrogen) atoms. The molecular formula is C24H22N4O. The average Bonchev–Trinajstić information content (AvgIpc) is 3.09.